The fourth-order valence-electron chi connectivity index (χ4n) is 4.52. The zero-order chi connectivity index (χ0) is 27.7. The lowest BCUT2D eigenvalue weighted by Crippen LogP contribution is -2.57. The maximum atomic E-state index is 13.8. The second kappa shape index (κ2) is 14.1. The third-order valence-electron chi connectivity index (χ3n) is 6.41. The van der Waals surface area contributed by atoms with Gasteiger partial charge in [0.15, 0.2) is 0 Å². The second-order valence-corrected chi connectivity index (χ2v) is 9.61. The second-order valence-electron chi connectivity index (χ2n) is 9.61. The molecular weight excluding hydrogens is 494 g/mol. The van der Waals surface area contributed by atoms with E-state index in [1.54, 1.807) is 0 Å². The van der Waals surface area contributed by atoms with E-state index in [4.69, 9.17) is 0 Å². The number of amides is 3. The van der Waals surface area contributed by atoms with Crippen molar-refractivity contribution < 1.29 is 28.3 Å². The van der Waals surface area contributed by atoms with E-state index >= 15 is 0 Å². The van der Waals surface area contributed by atoms with Gasteiger partial charge in [-0.25, -0.2) is 8.78 Å². The normalized spacial score (nSPS) is 16.0. The van der Waals surface area contributed by atoms with Crippen molar-refractivity contribution in [1.82, 2.24) is 20.4 Å². The van der Waals surface area contributed by atoms with Gasteiger partial charge in [0.2, 0.25) is 17.7 Å². The Kier molecular flexibility index (Phi) is 10.9. The van der Waals surface area contributed by atoms with E-state index in [1.807, 2.05) is 25.1 Å². The van der Waals surface area contributed by atoms with Gasteiger partial charge in [-0.15, -0.1) is 0 Å². The summed E-state index contributed by atoms with van der Waals surface area (Å²) in [6, 6.07) is 10.2. The largest absolute Gasteiger partial charge is 0.390 e. The highest BCUT2D eigenvalue weighted by atomic mass is 19.1. The summed E-state index contributed by atoms with van der Waals surface area (Å²) in [5.41, 5.74) is 2.51. The summed E-state index contributed by atoms with van der Waals surface area (Å²) in [6.45, 7) is 4.52. The predicted molar refractivity (Wildman–Crippen MR) is 139 cm³/mol. The number of imide groups is 1. The lowest BCUT2D eigenvalue weighted by atomic mass is 10.0. The van der Waals surface area contributed by atoms with Crippen LogP contribution in [-0.4, -0.2) is 77.5 Å². The number of nitrogens with one attached hydrogen (secondary N) is 2. The number of hydrogen-bond acceptors (Lipinski definition) is 6. The zero-order valence-electron chi connectivity index (χ0n) is 21.9. The molecule has 0 aromatic heterocycles. The quantitative estimate of drug-likeness (QED) is 0.342. The average molecular weight is 531 g/mol. The average Bonchev–Trinajstić information content (AvgIpc) is 2.85. The molecule has 1 aliphatic rings. The van der Waals surface area contributed by atoms with Crippen LogP contribution >= 0.6 is 0 Å². The molecule has 0 aliphatic carbocycles. The fraction of sp³-hybridized carbons (Fsp3) is 0.464. The molecule has 0 bridgehead atoms. The number of aliphatic hydroxyl groups excluding tert-OH is 1. The first-order chi connectivity index (χ1) is 18.2. The van der Waals surface area contributed by atoms with E-state index in [0.717, 1.165) is 30.2 Å². The van der Waals surface area contributed by atoms with Crippen molar-refractivity contribution in [3.8, 4) is 0 Å². The monoisotopic (exact) mass is 530 g/mol. The van der Waals surface area contributed by atoms with Gasteiger partial charge in [-0.05, 0) is 48.1 Å². The number of nitrogens with zero attached hydrogens (tertiary/aromatic N) is 2. The van der Waals surface area contributed by atoms with Crippen LogP contribution in [-0.2, 0) is 33.8 Å². The van der Waals surface area contributed by atoms with Crippen LogP contribution in [0.4, 0.5) is 8.78 Å². The van der Waals surface area contributed by atoms with Crippen molar-refractivity contribution in [3.63, 3.8) is 0 Å². The number of aliphatic hydroxyl groups is 1. The summed E-state index contributed by atoms with van der Waals surface area (Å²) in [5, 5.41) is 16.8. The molecule has 0 unspecified atom stereocenters. The summed E-state index contributed by atoms with van der Waals surface area (Å²) >= 11 is 0. The number of carbonyl (C=O) groups excluding carboxylic acids is 3. The first-order valence-electron chi connectivity index (χ1n) is 12.9. The molecule has 1 saturated heterocycles. The Hall–Kier alpha value is -3.21. The molecule has 3 amide bonds. The highest BCUT2D eigenvalue weighted by molar-refractivity contribution is 5.99. The van der Waals surface area contributed by atoms with Gasteiger partial charge in [0.05, 0.1) is 31.8 Å². The molecule has 206 valence electrons. The molecule has 2 aromatic rings. The molecule has 8 nitrogen and oxygen atoms in total. The number of rotatable bonds is 13. The van der Waals surface area contributed by atoms with Crippen molar-refractivity contribution in [2.24, 2.45) is 0 Å². The van der Waals surface area contributed by atoms with Crippen molar-refractivity contribution in [1.29, 1.82) is 0 Å². The third kappa shape index (κ3) is 8.68. The van der Waals surface area contributed by atoms with E-state index in [1.165, 1.54) is 15.4 Å². The predicted octanol–water partition coefficient (Wildman–Crippen LogP) is 1.79. The summed E-state index contributed by atoms with van der Waals surface area (Å²) < 4.78 is 27.6. The van der Waals surface area contributed by atoms with E-state index in [9.17, 15) is 28.3 Å². The molecule has 3 N–H and O–H groups in total. The Bertz CT molecular complexity index is 1090. The van der Waals surface area contributed by atoms with Gasteiger partial charge < -0.3 is 15.7 Å². The van der Waals surface area contributed by atoms with Gasteiger partial charge in [-0.3, -0.25) is 24.2 Å². The highest BCUT2D eigenvalue weighted by Gasteiger charge is 2.32. The lowest BCUT2D eigenvalue weighted by Gasteiger charge is -2.32. The van der Waals surface area contributed by atoms with Gasteiger partial charge in [-0.1, -0.05) is 38.1 Å². The summed E-state index contributed by atoms with van der Waals surface area (Å²) in [6.07, 6.45) is 0.455. The van der Waals surface area contributed by atoms with E-state index in [0.29, 0.717) is 19.5 Å². The maximum absolute atomic E-state index is 13.8. The number of hydrogen-bond donors (Lipinski definition) is 3. The molecule has 2 aromatic carbocycles. The Balaban J connectivity index is 1.64. The van der Waals surface area contributed by atoms with Crippen molar-refractivity contribution in [2.45, 2.75) is 51.8 Å². The van der Waals surface area contributed by atoms with Crippen LogP contribution < -0.4 is 10.6 Å². The minimum atomic E-state index is -1.08. The van der Waals surface area contributed by atoms with Gasteiger partial charge in [-0.2, -0.15) is 0 Å². The van der Waals surface area contributed by atoms with Crippen LogP contribution in [0.1, 0.15) is 37.0 Å². The van der Waals surface area contributed by atoms with E-state index in [2.05, 4.69) is 23.6 Å². The first kappa shape index (κ1) is 29.3. The van der Waals surface area contributed by atoms with E-state index < -0.39 is 29.7 Å². The minimum absolute atomic E-state index is 0.0171. The standard InChI is InChI=1S/C28H36F2N4O4/c1-3-8-34-27(37)17-33(18-28(34)38)16-26(36)32-24(12-21-10-22(29)13-23(30)11-21)25(35)15-31-14-20-7-5-6-19(4-2)9-20/h5-7,9-11,13,24-25,31,35H,3-4,8,12,14-18H2,1-2H3,(H,32,36)/t24-,25-/m0/s1. The van der Waals surface area contributed by atoms with Crippen molar-refractivity contribution in [3.05, 3.63) is 70.8 Å². The van der Waals surface area contributed by atoms with Gasteiger partial charge >= 0.3 is 0 Å². The van der Waals surface area contributed by atoms with Crippen molar-refractivity contribution in [2.75, 3.05) is 32.7 Å². The Morgan fingerprint density at radius 1 is 1.00 bits per heavy atom. The number of halogens is 2. The molecule has 3 rings (SSSR count). The van der Waals surface area contributed by atoms with Crippen LogP contribution in [0.25, 0.3) is 0 Å². The Morgan fingerprint density at radius 2 is 1.66 bits per heavy atom. The molecule has 2 atom stereocenters. The zero-order valence-corrected chi connectivity index (χ0v) is 21.9. The number of benzene rings is 2. The fourth-order valence-corrected chi connectivity index (χ4v) is 4.52. The smallest absolute Gasteiger partial charge is 0.243 e. The summed E-state index contributed by atoms with van der Waals surface area (Å²) in [5.74, 6) is -2.74. The van der Waals surface area contributed by atoms with Crippen molar-refractivity contribution >= 4 is 17.7 Å². The molecule has 1 heterocycles. The van der Waals surface area contributed by atoms with Gasteiger partial charge in [0, 0.05) is 25.7 Å². The lowest BCUT2D eigenvalue weighted by molar-refractivity contribution is -0.151. The van der Waals surface area contributed by atoms with Crippen LogP contribution in [0, 0.1) is 11.6 Å². The summed E-state index contributed by atoms with van der Waals surface area (Å²) in [4.78, 5) is 40.1. The highest BCUT2D eigenvalue weighted by Crippen LogP contribution is 2.13. The van der Waals surface area contributed by atoms with Crippen LogP contribution in [0.3, 0.4) is 0 Å². The SMILES string of the molecule is CCCN1C(=O)CN(CC(=O)N[C@@H](Cc2cc(F)cc(F)c2)[C@@H](O)CNCc2cccc(CC)c2)CC1=O. The number of piperazine rings is 1. The Morgan fingerprint density at radius 3 is 2.29 bits per heavy atom. The van der Waals surface area contributed by atoms with Gasteiger partial charge in [0.1, 0.15) is 11.6 Å². The molecule has 38 heavy (non-hydrogen) atoms. The number of aryl methyl sites for hydroxylation is 1. The van der Waals surface area contributed by atoms with E-state index in [-0.39, 0.29) is 50.0 Å². The molecular formula is C28H36F2N4O4. The van der Waals surface area contributed by atoms with Crippen LogP contribution in [0.5, 0.6) is 0 Å². The summed E-state index contributed by atoms with van der Waals surface area (Å²) in [7, 11) is 0. The molecule has 1 aliphatic heterocycles. The maximum Gasteiger partial charge on any atom is 0.243 e. The molecule has 0 saturated carbocycles. The number of carbonyl (C=O) groups is 3. The molecule has 1 fully saturated rings. The Labute approximate surface area is 222 Å². The van der Waals surface area contributed by atoms with Gasteiger partial charge in [0.25, 0.3) is 0 Å². The topological polar surface area (TPSA) is 102 Å². The molecule has 0 radical (unpaired) electrons. The molecule has 0 spiro atoms. The minimum Gasteiger partial charge on any atom is -0.390 e. The first-order valence-corrected chi connectivity index (χ1v) is 12.9. The van der Waals surface area contributed by atoms with Crippen LogP contribution in [0.2, 0.25) is 0 Å². The molecule has 10 heteroatoms. The van der Waals surface area contributed by atoms with Crippen LogP contribution in [0.15, 0.2) is 42.5 Å². The third-order valence-corrected chi connectivity index (χ3v) is 6.41.